The highest BCUT2D eigenvalue weighted by Gasteiger charge is 2.18. The number of ketones is 1. The average Bonchev–Trinajstić information content (AvgIpc) is 2.86. The highest BCUT2D eigenvalue weighted by molar-refractivity contribution is 9.10. The summed E-state index contributed by atoms with van der Waals surface area (Å²) in [5.74, 6) is 0.0586. The third-order valence-electron chi connectivity index (χ3n) is 3.86. The Hall–Kier alpha value is -1.84. The van der Waals surface area contributed by atoms with E-state index in [0.717, 1.165) is 32.5 Å². The summed E-state index contributed by atoms with van der Waals surface area (Å²) in [5, 5.41) is 0.683. The molecule has 2 nitrogen and oxygen atoms in total. The molecule has 0 aliphatic rings. The number of carbonyl (C=O) groups is 1. The molecule has 0 saturated heterocycles. The maximum Gasteiger partial charge on any atom is 0.162 e. The lowest BCUT2D eigenvalue weighted by atomic mass is 10.0. The van der Waals surface area contributed by atoms with E-state index in [1.165, 1.54) is 0 Å². The first-order valence-electron chi connectivity index (χ1n) is 7.22. The second-order valence-corrected chi connectivity index (χ2v) is 6.76. The van der Waals surface area contributed by atoms with Gasteiger partial charge in [-0.1, -0.05) is 39.7 Å². The number of rotatable bonds is 3. The van der Waals surface area contributed by atoms with Crippen LogP contribution in [0.25, 0.3) is 16.8 Å². The lowest BCUT2D eigenvalue weighted by Crippen LogP contribution is -1.99. The van der Waals surface area contributed by atoms with Crippen molar-refractivity contribution in [3.63, 3.8) is 0 Å². The fourth-order valence-corrected chi connectivity index (χ4v) is 3.16. The van der Waals surface area contributed by atoms with Crippen molar-refractivity contribution in [1.82, 2.24) is 4.57 Å². The molecule has 0 atom stereocenters. The maximum atomic E-state index is 12.2. The topological polar surface area (TPSA) is 22.0 Å². The summed E-state index contributed by atoms with van der Waals surface area (Å²) in [7, 11) is 0. The molecule has 3 rings (SSSR count). The van der Waals surface area contributed by atoms with Crippen LogP contribution in [0.1, 0.15) is 23.0 Å². The second kappa shape index (κ2) is 6.34. The molecule has 0 amide bonds. The summed E-state index contributed by atoms with van der Waals surface area (Å²) >= 11 is 9.42. The van der Waals surface area contributed by atoms with E-state index >= 15 is 0 Å². The first-order chi connectivity index (χ1) is 11.0. The van der Waals surface area contributed by atoms with Gasteiger partial charge in [0.1, 0.15) is 0 Å². The standard InChI is InChI=1S/C19H15BrClNO/c1-12-19(13(2)23)18(14-3-7-16(21)8-4-14)11-22(12)17-9-5-15(20)6-10-17/h3-11H,1-2H3. The van der Waals surface area contributed by atoms with E-state index in [4.69, 9.17) is 11.6 Å². The SMILES string of the molecule is CC(=O)c1c(-c2ccc(Cl)cc2)cn(-c2ccc(Br)cc2)c1C. The average molecular weight is 389 g/mol. The Morgan fingerprint density at radius 2 is 1.65 bits per heavy atom. The summed E-state index contributed by atoms with van der Waals surface area (Å²) in [6, 6.07) is 15.6. The van der Waals surface area contributed by atoms with Crippen LogP contribution in [0, 0.1) is 6.92 Å². The van der Waals surface area contributed by atoms with Gasteiger partial charge < -0.3 is 4.57 Å². The lowest BCUT2D eigenvalue weighted by Gasteiger charge is -2.06. The van der Waals surface area contributed by atoms with Crippen LogP contribution in [0.5, 0.6) is 0 Å². The molecule has 0 aliphatic carbocycles. The normalized spacial score (nSPS) is 10.8. The Labute approximate surface area is 148 Å². The number of carbonyl (C=O) groups excluding carboxylic acids is 1. The molecule has 1 aromatic heterocycles. The predicted molar refractivity (Wildman–Crippen MR) is 98.7 cm³/mol. The first kappa shape index (κ1) is 16.0. The number of aromatic nitrogens is 1. The van der Waals surface area contributed by atoms with Crippen LogP contribution in [0.15, 0.2) is 59.2 Å². The minimum atomic E-state index is 0.0586. The molecular formula is C19H15BrClNO. The van der Waals surface area contributed by atoms with E-state index in [9.17, 15) is 4.79 Å². The molecule has 4 heteroatoms. The number of hydrogen-bond donors (Lipinski definition) is 0. The predicted octanol–water partition coefficient (Wildman–Crippen LogP) is 6.07. The van der Waals surface area contributed by atoms with Crippen molar-refractivity contribution in [2.45, 2.75) is 13.8 Å². The molecule has 0 bridgehead atoms. The molecular weight excluding hydrogens is 374 g/mol. The zero-order valence-electron chi connectivity index (χ0n) is 12.8. The Balaban J connectivity index is 2.20. The van der Waals surface area contributed by atoms with E-state index < -0.39 is 0 Å². The molecule has 0 unspecified atom stereocenters. The van der Waals surface area contributed by atoms with Gasteiger partial charge in [-0.25, -0.2) is 0 Å². The van der Waals surface area contributed by atoms with Crippen LogP contribution >= 0.6 is 27.5 Å². The van der Waals surface area contributed by atoms with E-state index in [1.807, 2.05) is 66.2 Å². The van der Waals surface area contributed by atoms with Crippen molar-refractivity contribution in [3.05, 3.63) is 75.5 Å². The van der Waals surface area contributed by atoms with Crippen LogP contribution in [0.4, 0.5) is 0 Å². The largest absolute Gasteiger partial charge is 0.320 e. The van der Waals surface area contributed by atoms with Gasteiger partial charge in [-0.15, -0.1) is 0 Å². The quantitative estimate of drug-likeness (QED) is 0.499. The van der Waals surface area contributed by atoms with Gasteiger partial charge in [-0.3, -0.25) is 4.79 Å². The fraction of sp³-hybridized carbons (Fsp3) is 0.105. The van der Waals surface area contributed by atoms with Gasteiger partial charge in [0.05, 0.1) is 0 Å². The van der Waals surface area contributed by atoms with Gasteiger partial charge in [0.25, 0.3) is 0 Å². The van der Waals surface area contributed by atoms with Crippen LogP contribution in [0.2, 0.25) is 5.02 Å². The third-order valence-corrected chi connectivity index (χ3v) is 4.64. The van der Waals surface area contributed by atoms with Crippen molar-refractivity contribution < 1.29 is 4.79 Å². The Bertz CT molecular complexity index is 864. The van der Waals surface area contributed by atoms with Crippen molar-refractivity contribution in [2.24, 2.45) is 0 Å². The van der Waals surface area contributed by atoms with Gasteiger partial charge in [0.2, 0.25) is 0 Å². The molecule has 0 N–H and O–H groups in total. The van der Waals surface area contributed by atoms with E-state index in [1.54, 1.807) is 6.92 Å². The minimum Gasteiger partial charge on any atom is -0.320 e. The number of halogens is 2. The Morgan fingerprint density at radius 3 is 2.22 bits per heavy atom. The number of benzene rings is 2. The van der Waals surface area contributed by atoms with Crippen LogP contribution < -0.4 is 0 Å². The molecule has 116 valence electrons. The third kappa shape index (κ3) is 3.12. The molecule has 0 saturated carbocycles. The van der Waals surface area contributed by atoms with Crippen molar-refractivity contribution in [2.75, 3.05) is 0 Å². The minimum absolute atomic E-state index is 0.0586. The van der Waals surface area contributed by atoms with Gasteiger partial charge >= 0.3 is 0 Å². The van der Waals surface area contributed by atoms with Crippen molar-refractivity contribution in [1.29, 1.82) is 0 Å². The monoisotopic (exact) mass is 387 g/mol. The molecule has 2 aromatic carbocycles. The highest BCUT2D eigenvalue weighted by atomic mass is 79.9. The maximum absolute atomic E-state index is 12.2. The number of nitrogens with zero attached hydrogens (tertiary/aromatic N) is 1. The van der Waals surface area contributed by atoms with Crippen molar-refractivity contribution in [3.8, 4) is 16.8 Å². The summed E-state index contributed by atoms with van der Waals surface area (Å²) in [4.78, 5) is 12.2. The van der Waals surface area contributed by atoms with Gasteiger partial charge in [-0.05, 0) is 55.8 Å². The molecule has 23 heavy (non-hydrogen) atoms. The van der Waals surface area contributed by atoms with E-state index in [0.29, 0.717) is 5.02 Å². The van der Waals surface area contributed by atoms with Crippen LogP contribution in [0.3, 0.4) is 0 Å². The number of Topliss-reactive ketones (excluding diaryl/α,β-unsaturated/α-hetero) is 1. The summed E-state index contributed by atoms with van der Waals surface area (Å²) in [6.45, 7) is 3.58. The molecule has 1 heterocycles. The van der Waals surface area contributed by atoms with Gasteiger partial charge in [-0.2, -0.15) is 0 Å². The zero-order chi connectivity index (χ0) is 16.6. The van der Waals surface area contributed by atoms with E-state index in [-0.39, 0.29) is 5.78 Å². The van der Waals surface area contributed by atoms with Crippen LogP contribution in [-0.4, -0.2) is 10.4 Å². The molecule has 0 fully saturated rings. The highest BCUT2D eigenvalue weighted by Crippen LogP contribution is 2.31. The smallest absolute Gasteiger partial charge is 0.162 e. The Kier molecular flexibility index (Phi) is 4.42. The van der Waals surface area contributed by atoms with Gasteiger partial charge in [0, 0.05) is 38.2 Å². The second-order valence-electron chi connectivity index (χ2n) is 5.41. The van der Waals surface area contributed by atoms with Gasteiger partial charge in [0.15, 0.2) is 5.78 Å². The summed E-state index contributed by atoms with van der Waals surface area (Å²) < 4.78 is 3.07. The van der Waals surface area contributed by atoms with E-state index in [2.05, 4.69) is 15.9 Å². The zero-order valence-corrected chi connectivity index (χ0v) is 15.1. The Morgan fingerprint density at radius 1 is 1.04 bits per heavy atom. The lowest BCUT2D eigenvalue weighted by molar-refractivity contribution is 0.101. The molecule has 0 spiro atoms. The molecule has 3 aromatic rings. The fourth-order valence-electron chi connectivity index (χ4n) is 2.77. The number of hydrogen-bond acceptors (Lipinski definition) is 1. The summed E-state index contributed by atoms with van der Waals surface area (Å²) in [5.41, 5.74) is 4.61. The summed E-state index contributed by atoms with van der Waals surface area (Å²) in [6.07, 6.45) is 2.01. The van der Waals surface area contributed by atoms with Crippen molar-refractivity contribution >= 4 is 33.3 Å². The molecule has 0 aliphatic heterocycles. The van der Waals surface area contributed by atoms with Crippen LogP contribution in [-0.2, 0) is 0 Å². The first-order valence-corrected chi connectivity index (χ1v) is 8.39. The molecule has 0 radical (unpaired) electrons.